The minimum absolute atomic E-state index is 0.384. The highest BCUT2D eigenvalue weighted by atomic mass is 15.1. The van der Waals surface area contributed by atoms with Gasteiger partial charge >= 0.3 is 0 Å². The van der Waals surface area contributed by atoms with Gasteiger partial charge in [-0.3, -0.25) is 0 Å². The molecule has 0 N–H and O–H groups in total. The smallest absolute Gasteiger partial charge is 0.0725 e. The van der Waals surface area contributed by atoms with E-state index in [1.807, 2.05) is 0 Å². The van der Waals surface area contributed by atoms with Gasteiger partial charge in [-0.25, -0.2) is 0 Å². The van der Waals surface area contributed by atoms with Crippen LogP contribution >= 0.6 is 0 Å². The summed E-state index contributed by atoms with van der Waals surface area (Å²) in [6.07, 6.45) is 0. The van der Waals surface area contributed by atoms with E-state index < -0.39 is 0 Å². The second-order valence-electron chi connectivity index (χ2n) is 12.5. The Bertz CT molecular complexity index is 2390. The largest absolute Gasteiger partial charge is 0.310 e. The molecule has 0 amide bonds. The fourth-order valence-corrected chi connectivity index (χ4v) is 8.38. The molecule has 0 atom stereocenters. The van der Waals surface area contributed by atoms with E-state index in [-0.39, 0.29) is 5.41 Å². The first kappa shape index (κ1) is 25.4. The van der Waals surface area contributed by atoms with Crippen LogP contribution in [-0.4, -0.2) is 0 Å². The van der Waals surface area contributed by atoms with E-state index in [2.05, 4.69) is 181 Å². The van der Waals surface area contributed by atoms with Gasteiger partial charge in [0, 0.05) is 17.1 Å². The fourth-order valence-electron chi connectivity index (χ4n) is 8.38. The SMILES string of the molecule is c1ccc(N(c2ccccc2)c2ccc3cc4c(cc3c2)C2(c3ccccc3-c3ccccc32)c2ccc3ccccc3c2-4)cc1. The molecule has 0 heterocycles. The summed E-state index contributed by atoms with van der Waals surface area (Å²) in [5, 5.41) is 5.08. The monoisotopic (exact) mass is 583 g/mol. The van der Waals surface area contributed by atoms with Crippen LogP contribution in [0.4, 0.5) is 17.1 Å². The maximum atomic E-state index is 2.50. The lowest BCUT2D eigenvalue weighted by Crippen LogP contribution is -2.25. The molecule has 8 aromatic rings. The third-order valence-electron chi connectivity index (χ3n) is 10.2. The summed E-state index contributed by atoms with van der Waals surface area (Å²) in [5.41, 5.74) is 13.9. The molecule has 0 radical (unpaired) electrons. The van der Waals surface area contributed by atoms with E-state index in [0.29, 0.717) is 0 Å². The Hall–Kier alpha value is -5.92. The summed E-state index contributed by atoms with van der Waals surface area (Å²) in [6, 6.07) is 64.9. The lowest BCUT2D eigenvalue weighted by molar-refractivity contribution is 0.795. The fraction of sp³-hybridized carbons (Fsp3) is 0.0222. The van der Waals surface area contributed by atoms with Crippen LogP contribution in [0.5, 0.6) is 0 Å². The number of nitrogens with zero attached hydrogens (tertiary/aromatic N) is 1. The van der Waals surface area contributed by atoms with Crippen molar-refractivity contribution >= 4 is 38.6 Å². The van der Waals surface area contributed by atoms with Gasteiger partial charge in [-0.1, -0.05) is 127 Å². The quantitative estimate of drug-likeness (QED) is 0.200. The van der Waals surface area contributed by atoms with Crippen LogP contribution in [0.25, 0.3) is 43.8 Å². The first-order chi connectivity index (χ1) is 22.8. The maximum absolute atomic E-state index is 2.50. The first-order valence-electron chi connectivity index (χ1n) is 16.0. The Morgan fingerprint density at radius 3 is 1.61 bits per heavy atom. The molecule has 0 aliphatic heterocycles. The molecule has 1 heteroatoms. The van der Waals surface area contributed by atoms with Gasteiger partial charge in [0.15, 0.2) is 0 Å². The third kappa shape index (κ3) is 3.35. The maximum Gasteiger partial charge on any atom is 0.0725 e. The van der Waals surface area contributed by atoms with E-state index >= 15 is 0 Å². The second-order valence-corrected chi connectivity index (χ2v) is 12.5. The van der Waals surface area contributed by atoms with Gasteiger partial charge in [-0.15, -0.1) is 0 Å². The predicted molar refractivity (Wildman–Crippen MR) is 192 cm³/mol. The van der Waals surface area contributed by atoms with E-state index in [1.165, 1.54) is 66.1 Å². The minimum Gasteiger partial charge on any atom is -0.310 e. The van der Waals surface area contributed by atoms with Crippen molar-refractivity contribution in [3.05, 3.63) is 198 Å². The molecule has 2 aliphatic carbocycles. The van der Waals surface area contributed by atoms with Crippen molar-refractivity contribution in [2.24, 2.45) is 0 Å². The average Bonchev–Trinajstić information content (AvgIpc) is 3.59. The van der Waals surface area contributed by atoms with Crippen LogP contribution in [0.1, 0.15) is 22.3 Å². The lowest BCUT2D eigenvalue weighted by Gasteiger charge is -2.31. The van der Waals surface area contributed by atoms with E-state index in [1.54, 1.807) is 0 Å². The molecule has 0 saturated carbocycles. The van der Waals surface area contributed by atoms with Gasteiger partial charge in [-0.2, -0.15) is 0 Å². The number of benzene rings is 8. The van der Waals surface area contributed by atoms with Crippen molar-refractivity contribution in [1.82, 2.24) is 0 Å². The van der Waals surface area contributed by atoms with Crippen molar-refractivity contribution in [3.63, 3.8) is 0 Å². The summed E-state index contributed by atoms with van der Waals surface area (Å²) >= 11 is 0. The molecule has 0 bridgehead atoms. The highest BCUT2D eigenvalue weighted by Gasteiger charge is 2.52. The summed E-state index contributed by atoms with van der Waals surface area (Å²) in [7, 11) is 0. The van der Waals surface area contributed by atoms with E-state index in [0.717, 1.165) is 17.1 Å². The number of para-hydroxylation sites is 2. The molecule has 0 unspecified atom stereocenters. The Balaban J connectivity index is 1.30. The summed E-state index contributed by atoms with van der Waals surface area (Å²) in [5.74, 6) is 0. The lowest BCUT2D eigenvalue weighted by atomic mass is 9.70. The summed E-state index contributed by atoms with van der Waals surface area (Å²) in [6.45, 7) is 0. The number of hydrogen-bond donors (Lipinski definition) is 0. The van der Waals surface area contributed by atoms with Crippen LogP contribution in [0, 0.1) is 0 Å². The molecule has 2 aliphatic rings. The molecule has 0 saturated heterocycles. The van der Waals surface area contributed by atoms with Crippen molar-refractivity contribution < 1.29 is 0 Å². The topological polar surface area (TPSA) is 3.24 Å². The molecule has 0 aromatic heterocycles. The minimum atomic E-state index is -0.384. The van der Waals surface area contributed by atoms with Gasteiger partial charge in [0.1, 0.15) is 0 Å². The molecule has 214 valence electrons. The van der Waals surface area contributed by atoms with Crippen molar-refractivity contribution in [2.45, 2.75) is 5.41 Å². The Labute approximate surface area is 268 Å². The normalized spacial score (nSPS) is 13.4. The molecule has 46 heavy (non-hydrogen) atoms. The molecule has 1 spiro atoms. The highest BCUT2D eigenvalue weighted by Crippen LogP contribution is 2.64. The van der Waals surface area contributed by atoms with Crippen LogP contribution in [0.2, 0.25) is 0 Å². The number of rotatable bonds is 3. The first-order valence-corrected chi connectivity index (χ1v) is 16.0. The van der Waals surface area contributed by atoms with Crippen molar-refractivity contribution in [1.29, 1.82) is 0 Å². The van der Waals surface area contributed by atoms with Gasteiger partial charge < -0.3 is 4.90 Å². The zero-order chi connectivity index (χ0) is 30.2. The average molecular weight is 584 g/mol. The van der Waals surface area contributed by atoms with E-state index in [9.17, 15) is 0 Å². The number of hydrogen-bond acceptors (Lipinski definition) is 1. The predicted octanol–water partition coefficient (Wildman–Crippen LogP) is 11.8. The van der Waals surface area contributed by atoms with Crippen molar-refractivity contribution in [3.8, 4) is 22.3 Å². The number of anilines is 3. The molecule has 10 rings (SSSR count). The molecular formula is C45H29N. The van der Waals surface area contributed by atoms with Crippen molar-refractivity contribution in [2.75, 3.05) is 4.90 Å². The Kier molecular flexibility index (Phi) is 5.27. The van der Waals surface area contributed by atoms with Gasteiger partial charge in [0.25, 0.3) is 0 Å². The van der Waals surface area contributed by atoms with E-state index in [4.69, 9.17) is 0 Å². The Morgan fingerprint density at radius 1 is 0.326 bits per heavy atom. The molecule has 8 aromatic carbocycles. The molecular weight excluding hydrogens is 555 g/mol. The van der Waals surface area contributed by atoms with Crippen LogP contribution in [0.15, 0.2) is 176 Å². The van der Waals surface area contributed by atoms with Gasteiger partial charge in [0.05, 0.1) is 5.41 Å². The molecule has 0 fully saturated rings. The molecule has 1 nitrogen and oxygen atoms in total. The number of fused-ring (bicyclic) bond motifs is 13. The van der Waals surface area contributed by atoms with Crippen LogP contribution in [-0.2, 0) is 5.41 Å². The highest BCUT2D eigenvalue weighted by molar-refractivity contribution is 6.08. The third-order valence-corrected chi connectivity index (χ3v) is 10.2. The Morgan fingerprint density at radius 2 is 0.913 bits per heavy atom. The van der Waals surface area contributed by atoms with Crippen LogP contribution < -0.4 is 4.90 Å². The van der Waals surface area contributed by atoms with Gasteiger partial charge in [0.2, 0.25) is 0 Å². The summed E-state index contributed by atoms with van der Waals surface area (Å²) < 4.78 is 0. The standard InChI is InChI=1S/C45H29N/c1-3-14-33(15-4-1)46(34-16-5-2-6-17-34)35-25-23-31-28-39-43(29-32(31)27-35)45(42-26-24-30-13-7-8-18-36(30)44(39)42)40-21-11-9-19-37(40)38-20-10-12-22-41(38)45/h1-29H. The van der Waals surface area contributed by atoms with Crippen LogP contribution in [0.3, 0.4) is 0 Å². The summed E-state index contributed by atoms with van der Waals surface area (Å²) in [4.78, 5) is 2.35. The van der Waals surface area contributed by atoms with Gasteiger partial charge in [-0.05, 0) is 115 Å². The zero-order valence-corrected chi connectivity index (χ0v) is 25.2. The zero-order valence-electron chi connectivity index (χ0n) is 25.2. The second kappa shape index (κ2) is 9.54.